The van der Waals surface area contributed by atoms with Crippen molar-refractivity contribution in [3.05, 3.63) is 168 Å². The van der Waals surface area contributed by atoms with Crippen LogP contribution in [0.5, 0.6) is 0 Å². The number of nitrogens with zero attached hydrogens (tertiary/aromatic N) is 1. The Kier molecular flexibility index (Phi) is 7.17. The maximum Gasteiger partial charge on any atom is 0.136 e. The first-order valence-corrected chi connectivity index (χ1v) is 16.4. The molecule has 2 nitrogen and oxygen atoms in total. The molecule has 220 valence electrons. The molecule has 2 heterocycles. The molecule has 0 N–H and O–H groups in total. The van der Waals surface area contributed by atoms with Crippen LogP contribution in [0.15, 0.2) is 161 Å². The van der Waals surface area contributed by atoms with Crippen LogP contribution in [0.25, 0.3) is 64.5 Å². The van der Waals surface area contributed by atoms with E-state index < -0.39 is 0 Å². The van der Waals surface area contributed by atoms with Gasteiger partial charge >= 0.3 is 0 Å². The molecule has 0 aliphatic heterocycles. The minimum atomic E-state index is 0.892. The summed E-state index contributed by atoms with van der Waals surface area (Å²) in [7, 11) is 0. The summed E-state index contributed by atoms with van der Waals surface area (Å²) in [6, 6.07) is 49.2. The lowest BCUT2D eigenvalue weighted by Crippen LogP contribution is -2.00. The molecule has 0 aliphatic rings. The van der Waals surface area contributed by atoms with E-state index in [-0.39, 0.29) is 0 Å². The Morgan fingerprint density at radius 2 is 1.20 bits per heavy atom. The number of fused-ring (bicyclic) bond motifs is 6. The second-order valence-corrected chi connectivity index (χ2v) is 12.6. The largest absolute Gasteiger partial charge is 0.456 e. The number of aliphatic imine (C=N–C) groups is 1. The minimum Gasteiger partial charge on any atom is -0.456 e. The van der Waals surface area contributed by atoms with E-state index in [1.165, 1.54) is 31.3 Å². The van der Waals surface area contributed by atoms with Gasteiger partial charge in [0, 0.05) is 42.1 Å². The van der Waals surface area contributed by atoms with Gasteiger partial charge in [-0.25, -0.2) is 4.99 Å². The standard InChI is InChI=1S/C43H31NOS/c1-3-38(33-22-24-37-36-14-8-10-16-42(36)46-43(37)27-33)44-39(31-19-17-30(18-20-31)29-11-5-4-6-12-29)25-28(2)32-21-23-35-34-13-7-9-15-40(34)45-41(35)26-32/h3-27H,1-2H3/b28-25+,38-3+,44-39-. The number of benzene rings is 6. The maximum absolute atomic E-state index is 6.22. The van der Waals surface area contributed by atoms with Crippen molar-refractivity contribution >= 4 is 70.4 Å². The van der Waals surface area contributed by atoms with Crippen LogP contribution < -0.4 is 0 Å². The van der Waals surface area contributed by atoms with Crippen molar-refractivity contribution in [2.45, 2.75) is 13.8 Å². The molecule has 0 saturated carbocycles. The number of allylic oxidation sites excluding steroid dienone is 3. The zero-order chi connectivity index (χ0) is 31.0. The van der Waals surface area contributed by atoms with Crippen molar-refractivity contribution in [3.8, 4) is 11.1 Å². The van der Waals surface area contributed by atoms with E-state index >= 15 is 0 Å². The quantitative estimate of drug-likeness (QED) is 0.172. The fraction of sp³-hybridized carbons (Fsp3) is 0.0465. The minimum absolute atomic E-state index is 0.892. The SMILES string of the molecule is C/C=C(/N=C(/C=C(\C)c1ccc2c(c1)oc1ccccc12)c1ccc(-c2ccccc2)cc1)c1ccc2c(c1)sc1ccccc12. The van der Waals surface area contributed by atoms with Crippen molar-refractivity contribution < 1.29 is 4.42 Å². The number of thiophene rings is 1. The highest BCUT2D eigenvalue weighted by Crippen LogP contribution is 2.36. The molecule has 0 atom stereocenters. The molecule has 3 heteroatoms. The van der Waals surface area contributed by atoms with Gasteiger partial charge in [0.2, 0.25) is 0 Å². The molecule has 0 amide bonds. The third kappa shape index (κ3) is 5.15. The van der Waals surface area contributed by atoms with E-state index in [1.54, 1.807) is 0 Å². The van der Waals surface area contributed by atoms with Crippen molar-refractivity contribution in [2.24, 2.45) is 4.99 Å². The number of furan rings is 1. The van der Waals surface area contributed by atoms with E-state index in [0.717, 1.165) is 55.6 Å². The van der Waals surface area contributed by atoms with Crippen LogP contribution in [0.2, 0.25) is 0 Å². The Hall–Kier alpha value is -5.51. The lowest BCUT2D eigenvalue weighted by atomic mass is 9.98. The number of para-hydroxylation sites is 1. The fourth-order valence-electron chi connectivity index (χ4n) is 6.21. The van der Waals surface area contributed by atoms with Crippen LogP contribution in [0.4, 0.5) is 0 Å². The zero-order valence-corrected chi connectivity index (χ0v) is 26.5. The van der Waals surface area contributed by atoms with Crippen LogP contribution in [-0.4, -0.2) is 5.71 Å². The Morgan fingerprint density at radius 1 is 0.565 bits per heavy atom. The molecule has 0 aliphatic carbocycles. The lowest BCUT2D eigenvalue weighted by Gasteiger charge is -2.10. The summed E-state index contributed by atoms with van der Waals surface area (Å²) in [5.41, 5.74) is 10.4. The van der Waals surface area contributed by atoms with E-state index in [1.807, 2.05) is 29.5 Å². The average Bonchev–Trinajstić information content (AvgIpc) is 3.68. The van der Waals surface area contributed by atoms with E-state index in [0.29, 0.717) is 0 Å². The highest BCUT2D eigenvalue weighted by molar-refractivity contribution is 7.25. The van der Waals surface area contributed by atoms with Crippen molar-refractivity contribution in [1.82, 2.24) is 0 Å². The topological polar surface area (TPSA) is 25.5 Å². The molecule has 6 aromatic carbocycles. The van der Waals surface area contributed by atoms with E-state index in [4.69, 9.17) is 9.41 Å². The number of hydrogen-bond donors (Lipinski definition) is 0. The van der Waals surface area contributed by atoms with Crippen LogP contribution in [0.3, 0.4) is 0 Å². The van der Waals surface area contributed by atoms with E-state index in [9.17, 15) is 0 Å². The monoisotopic (exact) mass is 609 g/mol. The van der Waals surface area contributed by atoms with Gasteiger partial charge in [-0.2, -0.15) is 0 Å². The molecule has 0 unspecified atom stereocenters. The summed E-state index contributed by atoms with van der Waals surface area (Å²) >= 11 is 1.83. The summed E-state index contributed by atoms with van der Waals surface area (Å²) in [5.74, 6) is 0. The summed E-state index contributed by atoms with van der Waals surface area (Å²) in [6.45, 7) is 4.21. The predicted octanol–water partition coefficient (Wildman–Crippen LogP) is 12.6. The molecule has 0 bridgehead atoms. The first kappa shape index (κ1) is 28.0. The lowest BCUT2D eigenvalue weighted by molar-refractivity contribution is 0.669. The molecular formula is C43H31NOS. The van der Waals surface area contributed by atoms with Crippen molar-refractivity contribution in [1.29, 1.82) is 0 Å². The predicted molar refractivity (Wildman–Crippen MR) is 199 cm³/mol. The Morgan fingerprint density at radius 3 is 2.02 bits per heavy atom. The van der Waals surface area contributed by atoms with Crippen LogP contribution >= 0.6 is 11.3 Å². The number of hydrogen-bond acceptors (Lipinski definition) is 3. The molecule has 46 heavy (non-hydrogen) atoms. The number of rotatable bonds is 6. The smallest absolute Gasteiger partial charge is 0.136 e. The van der Waals surface area contributed by atoms with Gasteiger partial charge in [0.1, 0.15) is 11.2 Å². The van der Waals surface area contributed by atoms with Gasteiger partial charge in [0.15, 0.2) is 0 Å². The van der Waals surface area contributed by atoms with Crippen LogP contribution in [0, 0.1) is 0 Å². The van der Waals surface area contributed by atoms with Gasteiger partial charge in [-0.3, -0.25) is 0 Å². The first-order valence-electron chi connectivity index (χ1n) is 15.6. The molecule has 0 fully saturated rings. The Labute approximate surface area is 272 Å². The summed E-state index contributed by atoms with van der Waals surface area (Å²) in [4.78, 5) is 5.34. The van der Waals surface area contributed by atoms with Crippen molar-refractivity contribution in [3.63, 3.8) is 0 Å². The van der Waals surface area contributed by atoms with Gasteiger partial charge < -0.3 is 4.42 Å². The van der Waals surface area contributed by atoms with Gasteiger partial charge in [0.25, 0.3) is 0 Å². The third-order valence-electron chi connectivity index (χ3n) is 8.66. The molecule has 8 rings (SSSR count). The fourth-order valence-corrected chi connectivity index (χ4v) is 7.36. The average molecular weight is 610 g/mol. The molecular weight excluding hydrogens is 579 g/mol. The summed E-state index contributed by atoms with van der Waals surface area (Å²) in [5, 5.41) is 4.86. The normalized spacial score (nSPS) is 13.0. The second kappa shape index (κ2) is 11.8. The molecule has 0 spiro atoms. The Balaban J connectivity index is 1.23. The second-order valence-electron chi connectivity index (χ2n) is 11.6. The highest BCUT2D eigenvalue weighted by Gasteiger charge is 2.12. The first-order chi connectivity index (χ1) is 22.6. The van der Waals surface area contributed by atoms with Crippen LogP contribution in [0.1, 0.15) is 30.5 Å². The van der Waals surface area contributed by atoms with Gasteiger partial charge in [-0.05, 0) is 72.5 Å². The molecule has 0 saturated heterocycles. The summed E-state index contributed by atoms with van der Waals surface area (Å²) in [6.07, 6.45) is 4.30. The van der Waals surface area contributed by atoms with E-state index in [2.05, 4.69) is 147 Å². The van der Waals surface area contributed by atoms with Gasteiger partial charge in [-0.1, -0.05) is 115 Å². The molecule has 8 aromatic rings. The zero-order valence-electron chi connectivity index (χ0n) is 25.7. The van der Waals surface area contributed by atoms with Crippen LogP contribution in [-0.2, 0) is 0 Å². The van der Waals surface area contributed by atoms with Crippen molar-refractivity contribution in [2.75, 3.05) is 0 Å². The molecule has 2 aromatic heterocycles. The third-order valence-corrected chi connectivity index (χ3v) is 9.80. The summed E-state index contributed by atoms with van der Waals surface area (Å²) < 4.78 is 8.80. The Bertz CT molecular complexity index is 2470. The van der Waals surface area contributed by atoms with Gasteiger partial charge in [-0.15, -0.1) is 11.3 Å². The molecule has 0 radical (unpaired) electrons. The van der Waals surface area contributed by atoms with Gasteiger partial charge in [0.05, 0.1) is 11.4 Å². The maximum atomic E-state index is 6.22. The highest BCUT2D eigenvalue weighted by atomic mass is 32.1.